The summed E-state index contributed by atoms with van der Waals surface area (Å²) in [5, 5.41) is 5.62. The lowest BCUT2D eigenvalue weighted by molar-refractivity contribution is -0.117. The molecule has 0 heterocycles. The van der Waals surface area contributed by atoms with Crippen molar-refractivity contribution < 1.29 is 19.1 Å². The molecule has 1 rings (SSSR count). The Morgan fingerprint density at radius 2 is 1.78 bits per heavy atom. The van der Waals surface area contributed by atoms with Crippen molar-refractivity contribution in [1.29, 1.82) is 0 Å². The number of hydrogen-bond acceptors (Lipinski definition) is 5. The van der Waals surface area contributed by atoms with E-state index in [1.54, 1.807) is 45.9 Å². The number of hydrogen-bond donors (Lipinski definition) is 2. The maximum atomic E-state index is 12.1. The van der Waals surface area contributed by atoms with Gasteiger partial charge in [-0.15, -0.1) is 0 Å². The van der Waals surface area contributed by atoms with E-state index in [1.807, 2.05) is 0 Å². The fourth-order valence-electron chi connectivity index (χ4n) is 1.77. The van der Waals surface area contributed by atoms with Gasteiger partial charge < -0.3 is 15.4 Å². The number of amides is 1. The second-order valence-corrected chi connectivity index (χ2v) is 6.19. The first-order valence-corrected chi connectivity index (χ1v) is 7.53. The number of esters is 1. The van der Waals surface area contributed by atoms with Crippen molar-refractivity contribution >= 4 is 29.0 Å². The number of benzene rings is 1. The van der Waals surface area contributed by atoms with Crippen molar-refractivity contribution in [1.82, 2.24) is 0 Å². The Balaban J connectivity index is 3.05. The van der Waals surface area contributed by atoms with Crippen LogP contribution in [0.5, 0.6) is 0 Å². The van der Waals surface area contributed by atoms with Crippen LogP contribution in [0, 0.1) is 0 Å². The summed E-state index contributed by atoms with van der Waals surface area (Å²) < 4.78 is 5.33. The summed E-state index contributed by atoms with van der Waals surface area (Å²) in [5.41, 5.74) is 0.763. The Bertz CT molecular complexity index is 603. The minimum absolute atomic E-state index is 0.0291. The normalized spacial score (nSPS) is 10.8. The van der Waals surface area contributed by atoms with Crippen LogP contribution < -0.4 is 10.6 Å². The van der Waals surface area contributed by atoms with E-state index in [0.717, 1.165) is 0 Å². The largest absolute Gasteiger partial charge is 0.456 e. The molecule has 126 valence electrons. The highest BCUT2D eigenvalue weighted by atomic mass is 16.6. The first kappa shape index (κ1) is 18.7. The monoisotopic (exact) mass is 320 g/mol. The van der Waals surface area contributed by atoms with Gasteiger partial charge in [-0.25, -0.2) is 4.79 Å². The fourth-order valence-corrected chi connectivity index (χ4v) is 1.77. The molecule has 1 amide bonds. The highest BCUT2D eigenvalue weighted by Gasteiger charge is 2.19. The summed E-state index contributed by atoms with van der Waals surface area (Å²) in [6.07, 6.45) is 0.411. The maximum absolute atomic E-state index is 12.1. The lowest BCUT2D eigenvalue weighted by Crippen LogP contribution is -2.24. The number of Topliss-reactive ketones (excluding diaryl/α,β-unsaturated/α-hetero) is 1. The number of carbonyl (C=O) groups excluding carboxylic acids is 3. The number of carbonyl (C=O) groups is 3. The number of rotatable bonds is 6. The smallest absolute Gasteiger partial charge is 0.338 e. The van der Waals surface area contributed by atoms with Gasteiger partial charge in [0.05, 0.1) is 23.5 Å². The summed E-state index contributed by atoms with van der Waals surface area (Å²) >= 11 is 0. The van der Waals surface area contributed by atoms with Gasteiger partial charge >= 0.3 is 5.97 Å². The molecule has 0 saturated carbocycles. The van der Waals surface area contributed by atoms with Crippen LogP contribution in [0.2, 0.25) is 0 Å². The van der Waals surface area contributed by atoms with Gasteiger partial charge in [-0.2, -0.15) is 0 Å². The zero-order chi connectivity index (χ0) is 17.6. The number of ether oxygens (including phenoxy) is 1. The molecule has 1 aromatic rings. The molecule has 0 atom stereocenters. The van der Waals surface area contributed by atoms with E-state index in [0.29, 0.717) is 23.4 Å². The van der Waals surface area contributed by atoms with Crippen LogP contribution in [0.4, 0.5) is 11.4 Å². The second kappa shape index (κ2) is 7.76. The van der Waals surface area contributed by atoms with E-state index < -0.39 is 11.6 Å². The molecule has 0 radical (unpaired) electrons. The predicted octanol–water partition coefficient (Wildman–Crippen LogP) is 2.99. The number of ketones is 1. The average molecular weight is 320 g/mol. The minimum Gasteiger partial charge on any atom is -0.456 e. The summed E-state index contributed by atoms with van der Waals surface area (Å²) in [5.74, 6) is -0.668. The lowest BCUT2D eigenvalue weighted by Gasteiger charge is -2.20. The summed E-state index contributed by atoms with van der Waals surface area (Å²) in [6.45, 7) is 8.65. The topological polar surface area (TPSA) is 84.5 Å². The third-order valence-corrected chi connectivity index (χ3v) is 2.84. The van der Waals surface area contributed by atoms with Gasteiger partial charge in [-0.3, -0.25) is 9.59 Å². The summed E-state index contributed by atoms with van der Waals surface area (Å²) in [4.78, 5) is 34.9. The van der Waals surface area contributed by atoms with E-state index in [9.17, 15) is 14.4 Å². The molecule has 0 fully saturated rings. The Hall–Kier alpha value is -2.37. The van der Waals surface area contributed by atoms with Crippen molar-refractivity contribution in [2.75, 3.05) is 17.2 Å². The van der Waals surface area contributed by atoms with Gasteiger partial charge in [0.2, 0.25) is 5.91 Å². The first-order chi connectivity index (χ1) is 10.6. The fraction of sp³-hybridized carbons (Fsp3) is 0.471. The van der Waals surface area contributed by atoms with Crippen LogP contribution in [-0.4, -0.2) is 29.8 Å². The Morgan fingerprint density at radius 1 is 1.13 bits per heavy atom. The molecule has 2 N–H and O–H groups in total. The number of nitrogens with one attached hydrogen (secondary N) is 2. The third-order valence-electron chi connectivity index (χ3n) is 2.84. The second-order valence-electron chi connectivity index (χ2n) is 6.19. The molecule has 1 aromatic carbocycles. The van der Waals surface area contributed by atoms with Crippen molar-refractivity contribution in [2.45, 2.75) is 46.6 Å². The van der Waals surface area contributed by atoms with E-state index in [-0.39, 0.29) is 18.2 Å². The van der Waals surface area contributed by atoms with Gasteiger partial charge in [-0.1, -0.05) is 6.92 Å². The molecule has 6 heteroatoms. The molecule has 0 aromatic heterocycles. The van der Waals surface area contributed by atoms with Crippen LogP contribution in [0.25, 0.3) is 0 Å². The highest BCUT2D eigenvalue weighted by Crippen LogP contribution is 2.24. The van der Waals surface area contributed by atoms with Gasteiger partial charge in [0, 0.05) is 13.3 Å². The van der Waals surface area contributed by atoms with Gasteiger partial charge in [0.15, 0.2) is 5.78 Å². The molecule has 0 spiro atoms. The van der Waals surface area contributed by atoms with E-state index in [4.69, 9.17) is 4.74 Å². The van der Waals surface area contributed by atoms with Crippen molar-refractivity contribution in [3.8, 4) is 0 Å². The Kier molecular flexibility index (Phi) is 6.30. The Morgan fingerprint density at radius 3 is 2.30 bits per heavy atom. The van der Waals surface area contributed by atoms with Gasteiger partial charge in [-0.05, 0) is 39.0 Å². The lowest BCUT2D eigenvalue weighted by atomic mass is 10.1. The summed E-state index contributed by atoms with van der Waals surface area (Å²) in [7, 11) is 0. The van der Waals surface area contributed by atoms with Crippen LogP contribution >= 0.6 is 0 Å². The van der Waals surface area contributed by atoms with E-state index in [2.05, 4.69) is 10.6 Å². The highest BCUT2D eigenvalue weighted by molar-refractivity contribution is 5.97. The molecular weight excluding hydrogens is 296 g/mol. The molecule has 0 aliphatic rings. The maximum Gasteiger partial charge on any atom is 0.338 e. The molecule has 0 unspecified atom stereocenters. The van der Waals surface area contributed by atoms with Crippen LogP contribution in [-0.2, 0) is 14.3 Å². The van der Waals surface area contributed by atoms with E-state index in [1.165, 1.54) is 6.92 Å². The SMILES string of the molecule is CCC(=O)CNc1cc(C(=O)OC(C)(C)C)ccc1NC(C)=O. The zero-order valence-electron chi connectivity index (χ0n) is 14.3. The molecule has 0 aliphatic heterocycles. The van der Waals surface area contributed by atoms with Gasteiger partial charge in [0.1, 0.15) is 5.60 Å². The first-order valence-electron chi connectivity index (χ1n) is 7.53. The minimum atomic E-state index is -0.598. The van der Waals surface area contributed by atoms with Crippen molar-refractivity contribution in [3.05, 3.63) is 23.8 Å². The predicted molar refractivity (Wildman–Crippen MR) is 89.7 cm³/mol. The molecular formula is C17H24N2O4. The quantitative estimate of drug-likeness (QED) is 0.787. The Labute approximate surface area is 136 Å². The molecule has 23 heavy (non-hydrogen) atoms. The molecule has 0 bridgehead atoms. The van der Waals surface area contributed by atoms with E-state index >= 15 is 0 Å². The van der Waals surface area contributed by atoms with Crippen LogP contribution in [0.15, 0.2) is 18.2 Å². The van der Waals surface area contributed by atoms with Crippen molar-refractivity contribution in [2.24, 2.45) is 0 Å². The average Bonchev–Trinajstić information content (AvgIpc) is 2.43. The van der Waals surface area contributed by atoms with Crippen molar-refractivity contribution in [3.63, 3.8) is 0 Å². The van der Waals surface area contributed by atoms with Gasteiger partial charge in [0.25, 0.3) is 0 Å². The number of anilines is 2. The molecule has 0 aliphatic carbocycles. The van der Waals surface area contributed by atoms with Crippen LogP contribution in [0.1, 0.15) is 51.4 Å². The standard InChI is InChI=1S/C17H24N2O4/c1-6-13(21)10-18-15-9-12(16(22)23-17(3,4)5)7-8-14(15)19-11(2)20/h7-9,18H,6,10H2,1-5H3,(H,19,20). The molecule has 6 nitrogen and oxygen atoms in total. The third kappa shape index (κ3) is 6.50. The molecule has 0 saturated heterocycles. The van der Waals surface area contributed by atoms with Crippen LogP contribution in [0.3, 0.4) is 0 Å². The summed E-state index contributed by atoms with van der Waals surface area (Å²) in [6, 6.07) is 4.76. The zero-order valence-corrected chi connectivity index (χ0v) is 14.3.